The molecule has 0 atom stereocenters. The molecule has 1 nitrogen and oxygen atoms in total. The molecular weight excluding hydrogens is 231 g/mol. The largest absolute Gasteiger partial charge is 0.381 e. The fraction of sp³-hybridized carbons (Fsp3) is 1.00. The molecule has 0 aromatic carbocycles. The summed E-state index contributed by atoms with van der Waals surface area (Å²) in [5.41, 5.74) is 0. The second-order valence-corrected chi connectivity index (χ2v) is 5.15. The predicted octanol–water partition coefficient (Wildman–Crippen LogP) is 5.34. The Morgan fingerprint density at radius 1 is 0.500 bits per heavy atom. The zero-order valence-electron chi connectivity index (χ0n) is 13.3. The predicted molar refractivity (Wildman–Crippen MR) is 83.3 cm³/mol. The average molecular weight is 265 g/mol. The molecule has 0 saturated carbocycles. The minimum Gasteiger partial charge on any atom is -0.381 e. The van der Waals surface area contributed by atoms with Crippen molar-refractivity contribution in [3.05, 3.63) is 0 Å². The van der Waals surface area contributed by atoms with Crippen LogP contribution in [0.3, 0.4) is 0 Å². The summed E-state index contributed by atoms with van der Waals surface area (Å²) in [6, 6.07) is 0. The SMILES string of the molecule is CCCCCCCCOCCCCCCCC.[Na]. The molecule has 0 aromatic heterocycles. The summed E-state index contributed by atoms with van der Waals surface area (Å²) < 4.78 is 5.65. The first kappa shape index (κ1) is 21.3. The van der Waals surface area contributed by atoms with Gasteiger partial charge in [0.05, 0.1) is 0 Å². The second kappa shape index (κ2) is 20.3. The maximum absolute atomic E-state index is 5.65. The first-order chi connectivity index (χ1) is 8.41. The van der Waals surface area contributed by atoms with Crippen LogP contribution in [0.4, 0.5) is 0 Å². The van der Waals surface area contributed by atoms with Crippen molar-refractivity contribution in [2.45, 2.75) is 90.9 Å². The number of ether oxygens (including phenoxy) is 1. The van der Waals surface area contributed by atoms with Gasteiger partial charge in [-0.1, -0.05) is 78.1 Å². The third-order valence-electron chi connectivity index (χ3n) is 3.28. The maximum Gasteiger partial charge on any atom is 0.0466 e. The maximum atomic E-state index is 5.65. The number of hydrogen-bond acceptors (Lipinski definition) is 1. The second-order valence-electron chi connectivity index (χ2n) is 5.15. The van der Waals surface area contributed by atoms with Crippen LogP contribution in [0.2, 0.25) is 0 Å². The van der Waals surface area contributed by atoms with Crippen LogP contribution < -0.4 is 0 Å². The molecule has 0 aliphatic rings. The van der Waals surface area contributed by atoms with Crippen molar-refractivity contribution in [2.75, 3.05) is 13.2 Å². The van der Waals surface area contributed by atoms with Crippen LogP contribution in [0.1, 0.15) is 90.9 Å². The van der Waals surface area contributed by atoms with Gasteiger partial charge in [-0.2, -0.15) is 0 Å². The summed E-state index contributed by atoms with van der Waals surface area (Å²) in [5.74, 6) is 0. The van der Waals surface area contributed by atoms with Crippen LogP contribution >= 0.6 is 0 Å². The van der Waals surface area contributed by atoms with E-state index in [0.29, 0.717) is 0 Å². The summed E-state index contributed by atoms with van der Waals surface area (Å²) in [7, 11) is 0. The third-order valence-corrected chi connectivity index (χ3v) is 3.28. The summed E-state index contributed by atoms with van der Waals surface area (Å²) in [6.45, 7) is 6.51. The van der Waals surface area contributed by atoms with E-state index in [9.17, 15) is 0 Å². The van der Waals surface area contributed by atoms with Gasteiger partial charge in [-0.25, -0.2) is 0 Å². The van der Waals surface area contributed by atoms with Gasteiger partial charge >= 0.3 is 0 Å². The van der Waals surface area contributed by atoms with Gasteiger partial charge in [0.2, 0.25) is 0 Å². The van der Waals surface area contributed by atoms with E-state index in [2.05, 4.69) is 13.8 Å². The molecule has 0 rings (SSSR count). The van der Waals surface area contributed by atoms with Crippen molar-refractivity contribution in [1.29, 1.82) is 0 Å². The molecule has 0 aliphatic heterocycles. The Bertz CT molecular complexity index is 114. The van der Waals surface area contributed by atoms with E-state index in [-0.39, 0.29) is 29.6 Å². The smallest absolute Gasteiger partial charge is 0.0466 e. The Morgan fingerprint density at radius 2 is 0.833 bits per heavy atom. The van der Waals surface area contributed by atoms with Gasteiger partial charge in [-0.15, -0.1) is 0 Å². The molecule has 0 unspecified atom stereocenters. The van der Waals surface area contributed by atoms with Crippen LogP contribution in [-0.4, -0.2) is 42.8 Å². The molecule has 1 radical (unpaired) electrons. The van der Waals surface area contributed by atoms with E-state index < -0.39 is 0 Å². The molecule has 0 aliphatic carbocycles. The zero-order chi connectivity index (χ0) is 12.6. The minimum atomic E-state index is 0. The summed E-state index contributed by atoms with van der Waals surface area (Å²) in [5, 5.41) is 0. The van der Waals surface area contributed by atoms with Crippen molar-refractivity contribution >= 4 is 29.6 Å². The van der Waals surface area contributed by atoms with Gasteiger partial charge in [0.1, 0.15) is 0 Å². The molecule has 0 amide bonds. The number of rotatable bonds is 14. The Morgan fingerprint density at radius 3 is 1.22 bits per heavy atom. The van der Waals surface area contributed by atoms with E-state index in [1.165, 1.54) is 77.0 Å². The van der Waals surface area contributed by atoms with Crippen LogP contribution in [0, 0.1) is 0 Å². The van der Waals surface area contributed by atoms with Crippen LogP contribution in [0.25, 0.3) is 0 Å². The third kappa shape index (κ3) is 19.3. The van der Waals surface area contributed by atoms with Crippen molar-refractivity contribution in [3.8, 4) is 0 Å². The van der Waals surface area contributed by atoms with Gasteiger partial charge in [0, 0.05) is 42.8 Å². The van der Waals surface area contributed by atoms with E-state index in [4.69, 9.17) is 4.74 Å². The summed E-state index contributed by atoms with van der Waals surface area (Å²) >= 11 is 0. The van der Waals surface area contributed by atoms with Gasteiger partial charge in [-0.05, 0) is 12.8 Å². The first-order valence-electron chi connectivity index (χ1n) is 7.99. The van der Waals surface area contributed by atoms with Crippen molar-refractivity contribution in [3.63, 3.8) is 0 Å². The fourth-order valence-corrected chi connectivity index (χ4v) is 2.07. The normalized spacial score (nSPS) is 10.3. The molecule has 0 heterocycles. The minimum absolute atomic E-state index is 0. The summed E-state index contributed by atoms with van der Waals surface area (Å²) in [6.07, 6.45) is 16.3. The van der Waals surface area contributed by atoms with E-state index >= 15 is 0 Å². The summed E-state index contributed by atoms with van der Waals surface area (Å²) in [4.78, 5) is 0. The van der Waals surface area contributed by atoms with Gasteiger partial charge < -0.3 is 4.74 Å². The molecule has 0 saturated heterocycles. The monoisotopic (exact) mass is 265 g/mol. The van der Waals surface area contributed by atoms with E-state index in [0.717, 1.165) is 13.2 Å². The zero-order valence-corrected chi connectivity index (χ0v) is 15.3. The first-order valence-corrected chi connectivity index (χ1v) is 7.99. The number of unbranched alkanes of at least 4 members (excludes halogenated alkanes) is 10. The molecule has 0 bridgehead atoms. The molecule has 0 spiro atoms. The Hall–Kier alpha value is 0.960. The van der Waals surface area contributed by atoms with Crippen molar-refractivity contribution in [2.24, 2.45) is 0 Å². The molecule has 0 N–H and O–H groups in total. The Labute approximate surface area is 138 Å². The average Bonchev–Trinajstić information content (AvgIpc) is 2.35. The van der Waals surface area contributed by atoms with Crippen LogP contribution in [-0.2, 0) is 4.74 Å². The number of hydrogen-bond donors (Lipinski definition) is 0. The molecule has 18 heavy (non-hydrogen) atoms. The Kier molecular flexibility index (Phi) is 24.0. The van der Waals surface area contributed by atoms with Gasteiger partial charge in [0.15, 0.2) is 0 Å². The molecular formula is C16H34NaO. The quantitative estimate of drug-likeness (QED) is 0.304. The van der Waals surface area contributed by atoms with Crippen LogP contribution in [0.5, 0.6) is 0 Å². The topological polar surface area (TPSA) is 9.23 Å². The van der Waals surface area contributed by atoms with Crippen LogP contribution in [0.15, 0.2) is 0 Å². The molecule has 105 valence electrons. The molecule has 2 heteroatoms. The molecule has 0 aromatic rings. The fourth-order valence-electron chi connectivity index (χ4n) is 2.07. The van der Waals surface area contributed by atoms with Gasteiger partial charge in [0.25, 0.3) is 0 Å². The Balaban J connectivity index is 0. The molecule has 0 fully saturated rings. The van der Waals surface area contributed by atoms with E-state index in [1.54, 1.807) is 0 Å². The van der Waals surface area contributed by atoms with Gasteiger partial charge in [-0.3, -0.25) is 0 Å². The standard InChI is InChI=1S/C16H34O.Na/c1-3-5-7-9-11-13-15-17-16-14-12-10-8-6-4-2;/h3-16H2,1-2H3;. The van der Waals surface area contributed by atoms with E-state index in [1.807, 2.05) is 0 Å². The van der Waals surface area contributed by atoms with Crippen molar-refractivity contribution in [1.82, 2.24) is 0 Å². The van der Waals surface area contributed by atoms with Crippen molar-refractivity contribution < 1.29 is 4.74 Å².